The van der Waals surface area contributed by atoms with Gasteiger partial charge in [-0.1, -0.05) is 23.2 Å². The van der Waals surface area contributed by atoms with Gasteiger partial charge in [0, 0.05) is 17.8 Å². The summed E-state index contributed by atoms with van der Waals surface area (Å²) in [6, 6.07) is 7.51. The zero-order chi connectivity index (χ0) is 20.0. The molecule has 144 valence electrons. The van der Waals surface area contributed by atoms with Crippen molar-refractivity contribution in [2.75, 3.05) is 33.3 Å². The lowest BCUT2D eigenvalue weighted by Gasteiger charge is -2.13. The number of methoxy groups -OCH3 is 3. The first-order chi connectivity index (χ1) is 12.9. The summed E-state index contributed by atoms with van der Waals surface area (Å²) < 4.78 is 20.5. The first-order valence-electron chi connectivity index (χ1n) is 7.61. The third-order valence-corrected chi connectivity index (χ3v) is 4.20. The second-order valence-electron chi connectivity index (χ2n) is 5.16. The van der Waals surface area contributed by atoms with Gasteiger partial charge in [0.2, 0.25) is 0 Å². The number of carbonyl (C=O) groups excluding carboxylic acids is 2. The molecule has 0 unspecified atom stereocenters. The lowest BCUT2D eigenvalue weighted by molar-refractivity contribution is -0.119. The van der Waals surface area contributed by atoms with E-state index in [1.54, 1.807) is 12.1 Å². The number of anilines is 1. The molecule has 2 aromatic carbocycles. The van der Waals surface area contributed by atoms with Crippen molar-refractivity contribution in [2.24, 2.45) is 0 Å². The highest BCUT2D eigenvalue weighted by Crippen LogP contribution is 2.35. The van der Waals surface area contributed by atoms with Gasteiger partial charge in [-0.15, -0.1) is 0 Å². The van der Waals surface area contributed by atoms with Gasteiger partial charge in [-0.05, 0) is 18.2 Å². The Hall–Kier alpha value is -2.64. The summed E-state index contributed by atoms with van der Waals surface area (Å²) in [5.41, 5.74) is 0.520. The Labute approximate surface area is 166 Å². The lowest BCUT2D eigenvalue weighted by Crippen LogP contribution is -2.21. The maximum Gasteiger partial charge on any atom is 0.342 e. The Morgan fingerprint density at radius 1 is 0.889 bits per heavy atom. The Morgan fingerprint density at radius 2 is 1.52 bits per heavy atom. The number of carbonyl (C=O) groups is 2. The third-order valence-electron chi connectivity index (χ3n) is 3.46. The molecule has 2 aromatic rings. The van der Waals surface area contributed by atoms with E-state index in [1.807, 2.05) is 0 Å². The molecule has 0 aliphatic heterocycles. The molecule has 2 rings (SSSR count). The molecule has 0 aliphatic carbocycles. The molecule has 0 bridgehead atoms. The topological polar surface area (TPSA) is 83.1 Å². The zero-order valence-corrected chi connectivity index (χ0v) is 16.3. The molecule has 0 saturated carbocycles. The molecule has 7 nitrogen and oxygen atoms in total. The lowest BCUT2D eigenvalue weighted by atomic mass is 10.1. The van der Waals surface area contributed by atoms with E-state index in [2.05, 4.69) is 5.32 Å². The summed E-state index contributed by atoms with van der Waals surface area (Å²) in [5.74, 6) is -0.352. The van der Waals surface area contributed by atoms with Crippen LogP contribution in [-0.4, -0.2) is 39.8 Å². The molecular weight excluding hydrogens is 397 g/mol. The van der Waals surface area contributed by atoms with Gasteiger partial charge in [0.05, 0.1) is 31.4 Å². The highest BCUT2D eigenvalue weighted by molar-refractivity contribution is 6.42. The molecular formula is C18H17Cl2NO6. The number of rotatable bonds is 7. The van der Waals surface area contributed by atoms with Crippen LogP contribution >= 0.6 is 23.2 Å². The van der Waals surface area contributed by atoms with Crippen molar-refractivity contribution in [1.29, 1.82) is 0 Å². The smallest absolute Gasteiger partial charge is 0.342 e. The van der Waals surface area contributed by atoms with E-state index in [-0.39, 0.29) is 11.3 Å². The van der Waals surface area contributed by atoms with Crippen LogP contribution in [0.5, 0.6) is 17.2 Å². The van der Waals surface area contributed by atoms with Crippen LogP contribution in [0.2, 0.25) is 10.0 Å². The Morgan fingerprint density at radius 3 is 2.11 bits per heavy atom. The summed E-state index contributed by atoms with van der Waals surface area (Å²) in [7, 11) is 4.29. The molecule has 1 N–H and O–H groups in total. The third kappa shape index (κ3) is 5.18. The number of halogens is 2. The number of amides is 1. The maximum atomic E-state index is 12.3. The quantitative estimate of drug-likeness (QED) is 0.694. The number of benzene rings is 2. The van der Waals surface area contributed by atoms with Crippen LogP contribution in [0.15, 0.2) is 30.3 Å². The van der Waals surface area contributed by atoms with Gasteiger partial charge in [0.15, 0.2) is 18.1 Å². The van der Waals surface area contributed by atoms with Crippen LogP contribution in [0.25, 0.3) is 0 Å². The van der Waals surface area contributed by atoms with Crippen LogP contribution in [0.4, 0.5) is 5.69 Å². The molecule has 0 fully saturated rings. The largest absolute Gasteiger partial charge is 0.496 e. The van der Waals surface area contributed by atoms with E-state index in [9.17, 15) is 9.59 Å². The van der Waals surface area contributed by atoms with Gasteiger partial charge in [-0.25, -0.2) is 4.79 Å². The second kappa shape index (κ2) is 9.34. The van der Waals surface area contributed by atoms with Crippen molar-refractivity contribution in [3.05, 3.63) is 45.9 Å². The maximum absolute atomic E-state index is 12.3. The average molecular weight is 414 g/mol. The first-order valence-corrected chi connectivity index (χ1v) is 8.37. The number of esters is 1. The molecule has 0 atom stereocenters. The summed E-state index contributed by atoms with van der Waals surface area (Å²) in [6.45, 7) is -0.503. The van der Waals surface area contributed by atoms with Crippen molar-refractivity contribution < 1.29 is 28.5 Å². The van der Waals surface area contributed by atoms with Gasteiger partial charge in [-0.3, -0.25) is 4.79 Å². The number of hydrogen-bond acceptors (Lipinski definition) is 6. The SMILES string of the molecule is COc1cc(OC)c(C(=O)OCC(=O)Nc2ccc(Cl)c(Cl)c2)cc1OC. The highest BCUT2D eigenvalue weighted by atomic mass is 35.5. The van der Waals surface area contributed by atoms with Crippen LogP contribution < -0.4 is 19.5 Å². The Bertz CT molecular complexity index is 856. The average Bonchev–Trinajstić information content (AvgIpc) is 2.67. The van der Waals surface area contributed by atoms with E-state index in [4.69, 9.17) is 42.1 Å². The fraction of sp³-hybridized carbons (Fsp3) is 0.222. The summed E-state index contributed by atoms with van der Waals surface area (Å²) in [5, 5.41) is 3.21. The number of nitrogens with one attached hydrogen (secondary N) is 1. The Kier molecular flexibility index (Phi) is 7.15. The standard InChI is InChI=1S/C18H17Cl2NO6/c1-24-14-8-16(26-3)15(25-2)7-11(14)18(23)27-9-17(22)21-10-4-5-12(19)13(20)6-10/h4-8H,9H2,1-3H3,(H,21,22). The molecule has 0 aromatic heterocycles. The van der Waals surface area contributed by atoms with Crippen molar-refractivity contribution in [1.82, 2.24) is 0 Å². The van der Waals surface area contributed by atoms with Crippen molar-refractivity contribution in [3.8, 4) is 17.2 Å². The van der Waals surface area contributed by atoms with Crippen molar-refractivity contribution >= 4 is 40.8 Å². The zero-order valence-electron chi connectivity index (χ0n) is 14.8. The van der Waals surface area contributed by atoms with E-state index in [0.717, 1.165) is 0 Å². The van der Waals surface area contributed by atoms with Crippen LogP contribution in [0.3, 0.4) is 0 Å². The van der Waals surface area contributed by atoms with E-state index < -0.39 is 18.5 Å². The Balaban J connectivity index is 2.06. The minimum Gasteiger partial charge on any atom is -0.496 e. The van der Waals surface area contributed by atoms with Crippen molar-refractivity contribution in [2.45, 2.75) is 0 Å². The van der Waals surface area contributed by atoms with Gasteiger partial charge in [0.1, 0.15) is 11.3 Å². The number of hydrogen-bond donors (Lipinski definition) is 1. The highest BCUT2D eigenvalue weighted by Gasteiger charge is 2.20. The minimum atomic E-state index is -0.753. The second-order valence-corrected chi connectivity index (χ2v) is 5.98. The predicted molar refractivity (Wildman–Crippen MR) is 101 cm³/mol. The molecule has 9 heteroatoms. The van der Waals surface area contributed by atoms with Gasteiger partial charge >= 0.3 is 5.97 Å². The predicted octanol–water partition coefficient (Wildman–Crippen LogP) is 3.81. The van der Waals surface area contributed by atoms with E-state index >= 15 is 0 Å². The normalized spacial score (nSPS) is 10.1. The van der Waals surface area contributed by atoms with Crippen LogP contribution in [-0.2, 0) is 9.53 Å². The molecule has 0 radical (unpaired) electrons. The summed E-state index contributed by atoms with van der Waals surface area (Å²) in [4.78, 5) is 24.3. The first kappa shape index (κ1) is 20.7. The molecule has 0 aliphatic rings. The summed E-state index contributed by atoms with van der Waals surface area (Å²) >= 11 is 11.7. The van der Waals surface area contributed by atoms with Crippen molar-refractivity contribution in [3.63, 3.8) is 0 Å². The molecule has 0 spiro atoms. The van der Waals surface area contributed by atoms with Gasteiger partial charge in [-0.2, -0.15) is 0 Å². The molecule has 0 heterocycles. The number of ether oxygens (including phenoxy) is 4. The van der Waals surface area contributed by atoms with Gasteiger partial charge in [0.25, 0.3) is 5.91 Å². The molecule has 27 heavy (non-hydrogen) atoms. The molecule has 0 saturated heterocycles. The summed E-state index contributed by atoms with van der Waals surface area (Å²) in [6.07, 6.45) is 0. The van der Waals surface area contributed by atoms with Gasteiger partial charge < -0.3 is 24.3 Å². The van der Waals surface area contributed by atoms with E-state index in [0.29, 0.717) is 27.2 Å². The van der Waals surface area contributed by atoms with E-state index in [1.165, 1.54) is 39.5 Å². The minimum absolute atomic E-state index is 0.0949. The van der Waals surface area contributed by atoms with Crippen LogP contribution in [0.1, 0.15) is 10.4 Å². The fourth-order valence-electron chi connectivity index (χ4n) is 2.17. The van der Waals surface area contributed by atoms with Crippen LogP contribution in [0, 0.1) is 0 Å². The fourth-order valence-corrected chi connectivity index (χ4v) is 2.47. The molecule has 1 amide bonds. The monoisotopic (exact) mass is 413 g/mol.